The first-order valence-electron chi connectivity index (χ1n) is 10.2. The van der Waals surface area contributed by atoms with Gasteiger partial charge in [0.1, 0.15) is 0 Å². The standard InChI is InChI=1S/C23H28ClN3O2/c1-15-3-6-17(14-25-15)22(2,29)18-9-23(10-18)11-20(12-23)27-21(28)26-13-16-4-7-19(24)8-5-16/h3-8,14,18,20,29H,9-13H2,1-2H3,(H2,26,27,28). The molecule has 6 heteroatoms. The van der Waals surface area contributed by atoms with E-state index in [-0.39, 0.29) is 23.4 Å². The van der Waals surface area contributed by atoms with Gasteiger partial charge in [-0.1, -0.05) is 29.8 Å². The van der Waals surface area contributed by atoms with E-state index in [0.29, 0.717) is 11.6 Å². The molecule has 2 saturated carbocycles. The van der Waals surface area contributed by atoms with Crippen molar-refractivity contribution >= 4 is 17.6 Å². The van der Waals surface area contributed by atoms with Gasteiger partial charge in [-0.15, -0.1) is 0 Å². The Kier molecular flexibility index (Phi) is 5.30. The fraction of sp³-hybridized carbons (Fsp3) is 0.478. The van der Waals surface area contributed by atoms with Gasteiger partial charge in [0.2, 0.25) is 0 Å². The van der Waals surface area contributed by atoms with Gasteiger partial charge in [0.25, 0.3) is 0 Å². The fourth-order valence-electron chi connectivity index (χ4n) is 4.83. The normalized spacial score (nSPS) is 27.4. The van der Waals surface area contributed by atoms with Gasteiger partial charge < -0.3 is 15.7 Å². The van der Waals surface area contributed by atoms with Crippen LogP contribution in [-0.4, -0.2) is 22.2 Å². The van der Waals surface area contributed by atoms with Gasteiger partial charge in [0, 0.05) is 35.1 Å². The van der Waals surface area contributed by atoms with Crippen LogP contribution in [0.2, 0.25) is 5.02 Å². The van der Waals surface area contributed by atoms with Crippen LogP contribution in [0.5, 0.6) is 0 Å². The lowest BCUT2D eigenvalue weighted by atomic mass is 9.47. The highest BCUT2D eigenvalue weighted by Crippen LogP contribution is 2.62. The Labute approximate surface area is 176 Å². The summed E-state index contributed by atoms with van der Waals surface area (Å²) in [6.07, 6.45) is 5.76. The lowest BCUT2D eigenvalue weighted by Crippen LogP contribution is -2.60. The number of rotatable bonds is 5. The van der Waals surface area contributed by atoms with Gasteiger partial charge in [-0.05, 0) is 74.6 Å². The van der Waals surface area contributed by atoms with Gasteiger partial charge in [-0.3, -0.25) is 4.98 Å². The number of aliphatic hydroxyl groups is 1. The molecule has 1 atom stereocenters. The predicted octanol–water partition coefficient (Wildman–Crippen LogP) is 4.31. The third kappa shape index (κ3) is 4.26. The molecule has 5 nitrogen and oxygen atoms in total. The average Bonchev–Trinajstić information content (AvgIpc) is 2.62. The van der Waals surface area contributed by atoms with Crippen molar-refractivity contribution < 1.29 is 9.90 Å². The number of nitrogens with zero attached hydrogens (tertiary/aromatic N) is 1. The zero-order valence-corrected chi connectivity index (χ0v) is 17.7. The second-order valence-electron chi connectivity index (χ2n) is 9.00. The Morgan fingerprint density at radius 3 is 2.52 bits per heavy atom. The zero-order valence-electron chi connectivity index (χ0n) is 16.9. The SMILES string of the molecule is Cc1ccc(C(C)(O)C2CC3(CC(NC(=O)NCc4ccc(Cl)cc4)C3)C2)cn1. The average molecular weight is 414 g/mol. The molecule has 1 unspecified atom stereocenters. The van der Waals surface area contributed by atoms with E-state index < -0.39 is 5.60 Å². The Morgan fingerprint density at radius 1 is 1.21 bits per heavy atom. The highest BCUT2D eigenvalue weighted by molar-refractivity contribution is 6.30. The molecule has 2 amide bonds. The molecule has 1 heterocycles. The number of hydrogen-bond acceptors (Lipinski definition) is 3. The van der Waals surface area contributed by atoms with Gasteiger partial charge in [-0.25, -0.2) is 4.79 Å². The summed E-state index contributed by atoms with van der Waals surface area (Å²) in [5.74, 6) is 0.242. The van der Waals surface area contributed by atoms with Crippen molar-refractivity contribution in [2.75, 3.05) is 0 Å². The molecule has 2 aromatic rings. The summed E-state index contributed by atoms with van der Waals surface area (Å²) in [6, 6.07) is 11.5. The first-order valence-corrected chi connectivity index (χ1v) is 10.6. The van der Waals surface area contributed by atoms with Crippen molar-refractivity contribution in [3.8, 4) is 0 Å². The molecule has 4 rings (SSSR count). The van der Waals surface area contributed by atoms with Gasteiger partial charge in [0.15, 0.2) is 0 Å². The summed E-state index contributed by atoms with van der Waals surface area (Å²) < 4.78 is 0. The number of carbonyl (C=O) groups is 1. The number of halogens is 1. The van der Waals surface area contributed by atoms with Crippen molar-refractivity contribution in [3.05, 3.63) is 64.4 Å². The van der Waals surface area contributed by atoms with Crippen LogP contribution < -0.4 is 10.6 Å². The van der Waals surface area contributed by atoms with Crippen LogP contribution in [-0.2, 0) is 12.1 Å². The minimum atomic E-state index is -0.847. The van der Waals surface area contributed by atoms with Gasteiger partial charge >= 0.3 is 6.03 Å². The molecule has 29 heavy (non-hydrogen) atoms. The number of aromatic nitrogens is 1. The second-order valence-corrected chi connectivity index (χ2v) is 9.44. The van der Waals surface area contributed by atoms with Gasteiger partial charge in [0.05, 0.1) is 5.60 Å². The van der Waals surface area contributed by atoms with Crippen LogP contribution in [0.1, 0.15) is 49.4 Å². The van der Waals surface area contributed by atoms with Crippen molar-refractivity contribution in [1.29, 1.82) is 0 Å². The van der Waals surface area contributed by atoms with Crippen molar-refractivity contribution in [2.45, 2.75) is 57.7 Å². The monoisotopic (exact) mass is 413 g/mol. The number of hydrogen-bond donors (Lipinski definition) is 3. The lowest BCUT2D eigenvalue weighted by molar-refractivity contribution is -0.139. The Bertz CT molecular complexity index is 866. The predicted molar refractivity (Wildman–Crippen MR) is 114 cm³/mol. The molecule has 154 valence electrons. The molecule has 2 aliphatic rings. The molecule has 0 radical (unpaired) electrons. The van der Waals surface area contributed by atoms with Crippen molar-refractivity contribution in [1.82, 2.24) is 15.6 Å². The number of amides is 2. The minimum Gasteiger partial charge on any atom is -0.385 e. The summed E-state index contributed by atoms with van der Waals surface area (Å²) in [5.41, 5.74) is 2.29. The lowest BCUT2D eigenvalue weighted by Gasteiger charge is -2.60. The molecule has 0 aliphatic heterocycles. The van der Waals surface area contributed by atoms with Crippen LogP contribution in [0, 0.1) is 18.3 Å². The maximum atomic E-state index is 12.1. The molecular formula is C23H28ClN3O2. The molecule has 1 aromatic heterocycles. The molecule has 3 N–H and O–H groups in total. The Balaban J connectivity index is 1.21. The fourth-order valence-corrected chi connectivity index (χ4v) is 4.95. The van der Waals surface area contributed by atoms with Crippen LogP contribution >= 0.6 is 11.6 Å². The molecule has 2 fully saturated rings. The number of aryl methyl sites for hydroxylation is 1. The van der Waals surface area contributed by atoms with E-state index in [0.717, 1.165) is 42.5 Å². The van der Waals surface area contributed by atoms with E-state index in [9.17, 15) is 9.90 Å². The van der Waals surface area contributed by atoms with E-state index in [2.05, 4.69) is 15.6 Å². The molecule has 2 aliphatic carbocycles. The first kappa shape index (κ1) is 20.2. The number of urea groups is 1. The molecule has 1 spiro atoms. The van der Waals surface area contributed by atoms with E-state index >= 15 is 0 Å². The van der Waals surface area contributed by atoms with E-state index in [1.807, 2.05) is 50.2 Å². The molecule has 1 aromatic carbocycles. The van der Waals surface area contributed by atoms with E-state index in [1.54, 1.807) is 6.20 Å². The van der Waals surface area contributed by atoms with Crippen molar-refractivity contribution in [2.24, 2.45) is 11.3 Å². The quantitative estimate of drug-likeness (QED) is 0.683. The summed E-state index contributed by atoms with van der Waals surface area (Å²) in [7, 11) is 0. The van der Waals surface area contributed by atoms with Gasteiger partial charge in [-0.2, -0.15) is 0 Å². The number of pyridine rings is 1. The van der Waals surface area contributed by atoms with E-state index in [4.69, 9.17) is 11.6 Å². The Morgan fingerprint density at radius 2 is 1.90 bits per heavy atom. The van der Waals surface area contributed by atoms with Crippen LogP contribution in [0.25, 0.3) is 0 Å². The molecular weight excluding hydrogens is 386 g/mol. The Hall–Kier alpha value is -2.11. The van der Waals surface area contributed by atoms with Crippen molar-refractivity contribution in [3.63, 3.8) is 0 Å². The summed E-state index contributed by atoms with van der Waals surface area (Å²) in [5, 5.41) is 17.7. The summed E-state index contributed by atoms with van der Waals surface area (Å²) >= 11 is 5.88. The third-order valence-corrected chi connectivity index (χ3v) is 6.96. The van der Waals surface area contributed by atoms with Crippen LogP contribution in [0.3, 0.4) is 0 Å². The number of benzene rings is 1. The highest BCUT2D eigenvalue weighted by Gasteiger charge is 2.57. The summed E-state index contributed by atoms with van der Waals surface area (Å²) in [6.45, 7) is 4.33. The molecule has 0 bridgehead atoms. The smallest absolute Gasteiger partial charge is 0.315 e. The maximum absolute atomic E-state index is 12.1. The minimum absolute atomic E-state index is 0.131. The van der Waals surface area contributed by atoms with E-state index in [1.165, 1.54) is 0 Å². The number of nitrogens with one attached hydrogen (secondary N) is 2. The first-order chi connectivity index (χ1) is 13.8. The van der Waals surface area contributed by atoms with Crippen LogP contribution in [0.15, 0.2) is 42.6 Å². The summed E-state index contributed by atoms with van der Waals surface area (Å²) in [4.78, 5) is 16.5. The maximum Gasteiger partial charge on any atom is 0.315 e. The number of carbonyl (C=O) groups excluding carboxylic acids is 1. The largest absolute Gasteiger partial charge is 0.385 e. The molecule has 0 saturated heterocycles. The zero-order chi connectivity index (χ0) is 20.6. The van der Waals surface area contributed by atoms with Crippen LogP contribution in [0.4, 0.5) is 4.79 Å². The third-order valence-electron chi connectivity index (χ3n) is 6.71. The topological polar surface area (TPSA) is 74.2 Å². The second kappa shape index (κ2) is 7.62. The highest BCUT2D eigenvalue weighted by atomic mass is 35.5.